The van der Waals surface area contributed by atoms with Gasteiger partial charge in [0.25, 0.3) is 0 Å². The van der Waals surface area contributed by atoms with Crippen LogP contribution in [0.15, 0.2) is 59.8 Å². The van der Waals surface area contributed by atoms with Crippen molar-refractivity contribution in [1.82, 2.24) is 14.8 Å². The van der Waals surface area contributed by atoms with Gasteiger partial charge in [0.15, 0.2) is 11.0 Å². The Labute approximate surface area is 184 Å². The highest BCUT2D eigenvalue weighted by atomic mass is 35.5. The topological polar surface area (TPSA) is 84.0 Å². The number of para-hydroxylation sites is 1. The van der Waals surface area contributed by atoms with Crippen LogP contribution >= 0.6 is 23.4 Å². The first-order chi connectivity index (χ1) is 14.6. The lowest BCUT2D eigenvalue weighted by atomic mass is 10.2. The van der Waals surface area contributed by atoms with Crippen molar-refractivity contribution >= 4 is 35.0 Å². The molecule has 2 aromatic carbocycles. The summed E-state index contributed by atoms with van der Waals surface area (Å²) in [5.41, 5.74) is 0.772. The molecular weight excluding hydrogens is 422 g/mol. The molecule has 1 amide bonds. The number of benzene rings is 2. The maximum atomic E-state index is 12.8. The molecule has 0 atom stereocenters. The van der Waals surface area contributed by atoms with E-state index in [1.165, 1.54) is 11.8 Å². The molecule has 1 aromatic heterocycles. The van der Waals surface area contributed by atoms with Gasteiger partial charge in [-0.15, -0.1) is 10.2 Å². The fourth-order valence-corrected chi connectivity index (χ4v) is 3.58. The Balaban J connectivity index is 1.60. The van der Waals surface area contributed by atoms with E-state index in [0.29, 0.717) is 28.3 Å². The fourth-order valence-electron chi connectivity index (χ4n) is 2.65. The van der Waals surface area contributed by atoms with E-state index in [1.807, 2.05) is 37.4 Å². The smallest absolute Gasteiger partial charge is 0.237 e. The number of anilines is 1. The van der Waals surface area contributed by atoms with Gasteiger partial charge in [-0.05, 0) is 36.4 Å². The highest BCUT2D eigenvalue weighted by Crippen LogP contribution is 2.21. The molecule has 0 saturated carbocycles. The second kappa shape index (κ2) is 10.7. The lowest BCUT2D eigenvalue weighted by Crippen LogP contribution is -2.33. The third-order valence-electron chi connectivity index (χ3n) is 4.25. The SMILES string of the molecule is Cn1c(COc2ccc(Cl)cc2)nnc1SCC(=O)N(CCC#N)c1ccccc1. The minimum atomic E-state index is -0.0941. The van der Waals surface area contributed by atoms with E-state index >= 15 is 0 Å². The molecule has 0 saturated heterocycles. The minimum absolute atomic E-state index is 0.0941. The van der Waals surface area contributed by atoms with Crippen molar-refractivity contribution in [2.75, 3.05) is 17.2 Å². The van der Waals surface area contributed by atoms with E-state index in [2.05, 4.69) is 16.3 Å². The Morgan fingerprint density at radius 1 is 1.20 bits per heavy atom. The highest BCUT2D eigenvalue weighted by Gasteiger charge is 2.18. The van der Waals surface area contributed by atoms with Gasteiger partial charge in [-0.1, -0.05) is 41.6 Å². The van der Waals surface area contributed by atoms with Gasteiger partial charge in [-0.25, -0.2) is 0 Å². The summed E-state index contributed by atoms with van der Waals surface area (Å²) in [7, 11) is 1.83. The molecule has 154 valence electrons. The molecule has 0 fully saturated rings. The average Bonchev–Trinajstić information content (AvgIpc) is 3.12. The summed E-state index contributed by atoms with van der Waals surface area (Å²) in [6.45, 7) is 0.594. The van der Waals surface area contributed by atoms with Crippen LogP contribution in [0.3, 0.4) is 0 Å². The molecule has 0 bridgehead atoms. The largest absolute Gasteiger partial charge is 0.486 e. The first-order valence-electron chi connectivity index (χ1n) is 9.20. The maximum absolute atomic E-state index is 12.8. The molecule has 7 nitrogen and oxygen atoms in total. The van der Waals surface area contributed by atoms with Crippen LogP contribution in [-0.2, 0) is 18.4 Å². The van der Waals surface area contributed by atoms with E-state index in [1.54, 1.807) is 33.7 Å². The van der Waals surface area contributed by atoms with Gasteiger partial charge in [0.2, 0.25) is 5.91 Å². The molecule has 30 heavy (non-hydrogen) atoms. The van der Waals surface area contributed by atoms with Crippen molar-refractivity contribution in [3.05, 3.63) is 65.4 Å². The minimum Gasteiger partial charge on any atom is -0.486 e. The van der Waals surface area contributed by atoms with Crippen LogP contribution in [0.1, 0.15) is 12.2 Å². The summed E-state index contributed by atoms with van der Waals surface area (Å²) in [6.07, 6.45) is 0.265. The average molecular weight is 442 g/mol. The quantitative estimate of drug-likeness (QED) is 0.465. The zero-order chi connectivity index (χ0) is 21.3. The Bertz CT molecular complexity index is 1020. The second-order valence-electron chi connectivity index (χ2n) is 6.28. The van der Waals surface area contributed by atoms with Gasteiger partial charge in [0.1, 0.15) is 12.4 Å². The number of nitriles is 1. The molecule has 0 spiro atoms. The van der Waals surface area contributed by atoms with Gasteiger partial charge >= 0.3 is 0 Å². The van der Waals surface area contributed by atoms with Gasteiger partial charge < -0.3 is 14.2 Å². The Morgan fingerprint density at radius 2 is 1.93 bits per heavy atom. The Kier molecular flexibility index (Phi) is 7.71. The zero-order valence-corrected chi connectivity index (χ0v) is 17.9. The lowest BCUT2D eigenvalue weighted by molar-refractivity contribution is -0.116. The van der Waals surface area contributed by atoms with Crippen LogP contribution in [0.5, 0.6) is 5.75 Å². The number of carbonyl (C=O) groups is 1. The molecule has 0 aliphatic rings. The summed E-state index contributed by atoms with van der Waals surface area (Å²) >= 11 is 7.17. The van der Waals surface area contributed by atoms with Crippen molar-refractivity contribution in [2.45, 2.75) is 18.2 Å². The third kappa shape index (κ3) is 5.75. The van der Waals surface area contributed by atoms with E-state index in [0.717, 1.165) is 5.69 Å². The molecule has 0 aliphatic heterocycles. The predicted molar refractivity (Wildman–Crippen MR) is 117 cm³/mol. The van der Waals surface area contributed by atoms with Crippen molar-refractivity contribution in [3.63, 3.8) is 0 Å². The molecule has 1 heterocycles. The molecular formula is C21H20ClN5O2S. The van der Waals surface area contributed by atoms with Crippen LogP contribution in [0.2, 0.25) is 5.02 Å². The van der Waals surface area contributed by atoms with E-state index in [4.69, 9.17) is 21.6 Å². The first kappa shape index (κ1) is 21.7. The normalized spacial score (nSPS) is 10.4. The predicted octanol–water partition coefficient (Wildman–Crippen LogP) is 4.09. The van der Waals surface area contributed by atoms with Crippen LogP contribution in [-0.4, -0.2) is 33.0 Å². The molecule has 0 N–H and O–H groups in total. The maximum Gasteiger partial charge on any atom is 0.237 e. The summed E-state index contributed by atoms with van der Waals surface area (Å²) in [6, 6.07) is 18.5. The van der Waals surface area contributed by atoms with Crippen LogP contribution < -0.4 is 9.64 Å². The van der Waals surface area contributed by atoms with Crippen molar-refractivity contribution < 1.29 is 9.53 Å². The number of ether oxygens (including phenoxy) is 1. The number of hydrogen-bond donors (Lipinski definition) is 0. The molecule has 0 aliphatic carbocycles. The zero-order valence-electron chi connectivity index (χ0n) is 16.4. The van der Waals surface area contributed by atoms with Gasteiger partial charge in [-0.2, -0.15) is 5.26 Å². The van der Waals surface area contributed by atoms with Crippen LogP contribution in [0.25, 0.3) is 0 Å². The van der Waals surface area contributed by atoms with Crippen molar-refractivity contribution in [3.8, 4) is 11.8 Å². The van der Waals surface area contributed by atoms with Crippen molar-refractivity contribution in [1.29, 1.82) is 5.26 Å². The number of rotatable bonds is 9. The summed E-state index contributed by atoms with van der Waals surface area (Å²) in [5.74, 6) is 1.42. The van der Waals surface area contributed by atoms with E-state index < -0.39 is 0 Å². The first-order valence-corrected chi connectivity index (χ1v) is 10.6. The van der Waals surface area contributed by atoms with Crippen LogP contribution in [0, 0.1) is 11.3 Å². The van der Waals surface area contributed by atoms with E-state index in [-0.39, 0.29) is 24.7 Å². The van der Waals surface area contributed by atoms with Crippen LogP contribution in [0.4, 0.5) is 5.69 Å². The number of aromatic nitrogens is 3. The lowest BCUT2D eigenvalue weighted by Gasteiger charge is -2.21. The number of amides is 1. The van der Waals surface area contributed by atoms with E-state index in [9.17, 15) is 4.79 Å². The number of nitrogens with zero attached hydrogens (tertiary/aromatic N) is 5. The monoisotopic (exact) mass is 441 g/mol. The Morgan fingerprint density at radius 3 is 2.63 bits per heavy atom. The van der Waals surface area contributed by atoms with Gasteiger partial charge in [0.05, 0.1) is 18.2 Å². The molecule has 9 heteroatoms. The molecule has 3 aromatic rings. The molecule has 3 rings (SSSR count). The number of carbonyl (C=O) groups excluding carboxylic acids is 1. The van der Waals surface area contributed by atoms with Crippen molar-refractivity contribution in [2.24, 2.45) is 7.05 Å². The number of thioether (sulfide) groups is 1. The number of halogens is 1. The fraction of sp³-hybridized carbons (Fsp3) is 0.238. The molecule has 0 radical (unpaired) electrons. The molecule has 0 unspecified atom stereocenters. The van der Waals surface area contributed by atoms with Gasteiger partial charge in [0, 0.05) is 24.3 Å². The summed E-state index contributed by atoms with van der Waals surface area (Å²) < 4.78 is 7.51. The summed E-state index contributed by atoms with van der Waals surface area (Å²) in [4.78, 5) is 14.4. The van der Waals surface area contributed by atoms with Gasteiger partial charge in [-0.3, -0.25) is 4.79 Å². The summed E-state index contributed by atoms with van der Waals surface area (Å²) in [5, 5.41) is 18.5. The standard InChI is InChI=1S/C21H20ClN5O2S/c1-26-19(14-29-18-10-8-16(22)9-11-18)24-25-21(26)30-15-20(28)27(13-5-12-23)17-6-3-2-4-7-17/h2-4,6-11H,5,13-15H2,1H3. The second-order valence-corrected chi connectivity index (χ2v) is 7.66. The third-order valence-corrected chi connectivity index (χ3v) is 5.50. The Hall–Kier alpha value is -3.02. The number of hydrogen-bond acceptors (Lipinski definition) is 6. The highest BCUT2D eigenvalue weighted by molar-refractivity contribution is 7.99.